The summed E-state index contributed by atoms with van der Waals surface area (Å²) in [5, 5.41) is 4.22. The van der Waals surface area contributed by atoms with Gasteiger partial charge in [-0.15, -0.1) is 0 Å². The molecule has 0 saturated heterocycles. The molecule has 114 valence electrons. The largest absolute Gasteiger partial charge is 0.491 e. The molecule has 5 nitrogen and oxygen atoms in total. The molecule has 0 saturated carbocycles. The number of ether oxygens (including phenoxy) is 1. The van der Waals surface area contributed by atoms with Crippen LogP contribution in [0.3, 0.4) is 0 Å². The van der Waals surface area contributed by atoms with Crippen molar-refractivity contribution >= 4 is 6.29 Å². The van der Waals surface area contributed by atoms with Crippen molar-refractivity contribution in [2.24, 2.45) is 0 Å². The third kappa shape index (κ3) is 2.61. The predicted molar refractivity (Wildman–Crippen MR) is 85.2 cm³/mol. The average Bonchev–Trinajstić information content (AvgIpc) is 3.27. The smallest absolute Gasteiger partial charge is 0.168 e. The van der Waals surface area contributed by atoms with Crippen LogP contribution >= 0.6 is 0 Å². The molecule has 0 bridgehead atoms. The van der Waals surface area contributed by atoms with E-state index in [9.17, 15) is 4.79 Å². The summed E-state index contributed by atoms with van der Waals surface area (Å²) in [5.41, 5.74) is 4.54. The van der Waals surface area contributed by atoms with Crippen molar-refractivity contribution < 1.29 is 9.53 Å². The van der Waals surface area contributed by atoms with Crippen LogP contribution in [-0.2, 0) is 12.8 Å². The molecule has 0 fully saturated rings. The predicted octanol–water partition coefficient (Wildman–Crippen LogP) is 2.61. The number of hydrogen-bond donors (Lipinski definition) is 0. The third-order valence-corrected chi connectivity index (χ3v) is 3.95. The van der Waals surface area contributed by atoms with Gasteiger partial charge in [0.25, 0.3) is 0 Å². The number of aromatic nitrogens is 3. The van der Waals surface area contributed by atoms with Gasteiger partial charge >= 0.3 is 0 Å². The lowest BCUT2D eigenvalue weighted by Gasteiger charge is -2.09. The minimum absolute atomic E-state index is 0.470. The highest BCUT2D eigenvalue weighted by atomic mass is 16.5. The van der Waals surface area contributed by atoms with Crippen LogP contribution in [0.25, 0.3) is 5.69 Å². The van der Waals surface area contributed by atoms with E-state index >= 15 is 0 Å². The molecule has 0 amide bonds. The molecule has 5 heteroatoms. The third-order valence-electron chi connectivity index (χ3n) is 3.95. The minimum Gasteiger partial charge on any atom is -0.491 e. The van der Waals surface area contributed by atoms with Crippen LogP contribution in [0.2, 0.25) is 0 Å². The van der Waals surface area contributed by atoms with Crippen LogP contribution in [0, 0.1) is 0 Å². The van der Waals surface area contributed by atoms with Gasteiger partial charge in [-0.25, -0.2) is 9.67 Å². The summed E-state index contributed by atoms with van der Waals surface area (Å²) in [6, 6.07) is 11.9. The summed E-state index contributed by atoms with van der Waals surface area (Å²) in [7, 11) is 0. The Bertz CT molecular complexity index is 839. The molecular formula is C18H15N3O2. The van der Waals surface area contributed by atoms with Crippen molar-refractivity contribution in [2.45, 2.75) is 12.8 Å². The number of aldehydes is 1. The van der Waals surface area contributed by atoms with E-state index in [0.29, 0.717) is 18.7 Å². The maximum absolute atomic E-state index is 11.1. The first kappa shape index (κ1) is 13.7. The number of fused-ring (bicyclic) bond motifs is 1. The van der Waals surface area contributed by atoms with Crippen molar-refractivity contribution in [3.8, 4) is 11.4 Å². The molecule has 0 radical (unpaired) electrons. The number of benzene rings is 1. The van der Waals surface area contributed by atoms with Gasteiger partial charge in [0.1, 0.15) is 11.4 Å². The number of carbonyl (C=O) groups excluding carboxylic acids is 1. The molecule has 0 aliphatic carbocycles. The average molecular weight is 305 g/mol. The van der Waals surface area contributed by atoms with E-state index < -0.39 is 0 Å². The lowest BCUT2D eigenvalue weighted by atomic mass is 10.0. The minimum atomic E-state index is 0.470. The molecule has 3 aromatic rings. The molecule has 2 aromatic heterocycles. The molecular weight excluding hydrogens is 290 g/mol. The zero-order valence-corrected chi connectivity index (χ0v) is 12.5. The maximum Gasteiger partial charge on any atom is 0.168 e. The molecule has 0 N–H and O–H groups in total. The van der Waals surface area contributed by atoms with E-state index in [1.165, 1.54) is 0 Å². The van der Waals surface area contributed by atoms with Crippen LogP contribution in [0.15, 0.2) is 48.8 Å². The van der Waals surface area contributed by atoms with Gasteiger partial charge in [0, 0.05) is 30.8 Å². The summed E-state index contributed by atoms with van der Waals surface area (Å²) < 4.78 is 7.51. The molecule has 4 rings (SSSR count). The van der Waals surface area contributed by atoms with Crippen LogP contribution in [0.4, 0.5) is 0 Å². The van der Waals surface area contributed by atoms with E-state index in [0.717, 1.165) is 41.0 Å². The first-order valence-electron chi connectivity index (χ1n) is 7.53. The summed E-state index contributed by atoms with van der Waals surface area (Å²) >= 11 is 0. The molecule has 0 spiro atoms. The Morgan fingerprint density at radius 1 is 1.26 bits per heavy atom. The summed E-state index contributed by atoms with van der Waals surface area (Å²) in [4.78, 5) is 15.4. The van der Waals surface area contributed by atoms with Crippen LogP contribution in [0.1, 0.15) is 27.3 Å². The summed E-state index contributed by atoms with van der Waals surface area (Å²) in [5.74, 6) is 0.840. The molecule has 1 aliphatic heterocycles. The molecule has 3 heterocycles. The van der Waals surface area contributed by atoms with Gasteiger partial charge in [0.2, 0.25) is 0 Å². The van der Waals surface area contributed by atoms with Gasteiger partial charge < -0.3 is 4.74 Å². The summed E-state index contributed by atoms with van der Waals surface area (Å²) in [6.45, 7) is 0.635. The van der Waals surface area contributed by atoms with Gasteiger partial charge in [0.15, 0.2) is 6.29 Å². The number of nitrogens with zero attached hydrogens (tertiary/aromatic N) is 3. The Kier molecular flexibility index (Phi) is 3.38. The zero-order valence-electron chi connectivity index (χ0n) is 12.5. The van der Waals surface area contributed by atoms with E-state index in [-0.39, 0.29) is 0 Å². The highest BCUT2D eigenvalue weighted by molar-refractivity contribution is 5.73. The Hall–Kier alpha value is -2.95. The van der Waals surface area contributed by atoms with Gasteiger partial charge in [-0.3, -0.25) is 4.79 Å². The van der Waals surface area contributed by atoms with Gasteiger partial charge in [0.05, 0.1) is 18.0 Å². The van der Waals surface area contributed by atoms with Crippen molar-refractivity contribution in [1.82, 2.24) is 14.8 Å². The number of rotatable bonds is 4. The SMILES string of the molecule is O=Cc1cc(Cc2ccc(-n3cccn3)cc2)c2c(n1)CCO2. The van der Waals surface area contributed by atoms with E-state index in [1.54, 1.807) is 6.20 Å². The number of hydrogen-bond acceptors (Lipinski definition) is 4. The molecule has 23 heavy (non-hydrogen) atoms. The second-order valence-corrected chi connectivity index (χ2v) is 5.49. The Balaban J connectivity index is 1.63. The van der Waals surface area contributed by atoms with Crippen LogP contribution in [-0.4, -0.2) is 27.7 Å². The van der Waals surface area contributed by atoms with Crippen molar-refractivity contribution in [1.29, 1.82) is 0 Å². The normalized spacial score (nSPS) is 12.7. The van der Waals surface area contributed by atoms with E-state index in [1.807, 2.05) is 35.1 Å². The molecule has 0 unspecified atom stereocenters. The fourth-order valence-electron chi connectivity index (χ4n) is 2.86. The first-order chi connectivity index (χ1) is 11.3. The topological polar surface area (TPSA) is 57.0 Å². The monoisotopic (exact) mass is 305 g/mol. The van der Waals surface area contributed by atoms with Crippen molar-refractivity contribution in [2.75, 3.05) is 6.61 Å². The Labute approximate surface area is 133 Å². The first-order valence-corrected chi connectivity index (χ1v) is 7.53. The van der Waals surface area contributed by atoms with E-state index in [2.05, 4.69) is 22.2 Å². The summed E-state index contributed by atoms with van der Waals surface area (Å²) in [6.07, 6.45) is 5.94. The van der Waals surface area contributed by atoms with Crippen molar-refractivity contribution in [3.05, 3.63) is 71.3 Å². The van der Waals surface area contributed by atoms with Crippen LogP contribution in [0.5, 0.6) is 5.75 Å². The Morgan fingerprint density at radius 2 is 2.13 bits per heavy atom. The second-order valence-electron chi connectivity index (χ2n) is 5.49. The standard InChI is InChI=1S/C18H15N3O2/c22-12-15-11-14(18-17(20-15)6-9-23-18)10-13-2-4-16(5-3-13)21-8-1-7-19-21/h1-5,7-8,11-12H,6,9-10H2. The lowest BCUT2D eigenvalue weighted by Crippen LogP contribution is -1.99. The lowest BCUT2D eigenvalue weighted by molar-refractivity contribution is 0.111. The second kappa shape index (κ2) is 5.68. The highest BCUT2D eigenvalue weighted by Crippen LogP contribution is 2.30. The number of carbonyl (C=O) groups is 1. The fourth-order valence-corrected chi connectivity index (χ4v) is 2.86. The van der Waals surface area contributed by atoms with Crippen molar-refractivity contribution in [3.63, 3.8) is 0 Å². The molecule has 1 aliphatic rings. The highest BCUT2D eigenvalue weighted by Gasteiger charge is 2.19. The maximum atomic E-state index is 11.1. The fraction of sp³-hybridized carbons (Fsp3) is 0.167. The van der Waals surface area contributed by atoms with E-state index in [4.69, 9.17) is 4.74 Å². The molecule has 0 atom stereocenters. The molecule has 1 aromatic carbocycles. The van der Waals surface area contributed by atoms with Crippen LogP contribution < -0.4 is 4.74 Å². The van der Waals surface area contributed by atoms with Gasteiger partial charge in [-0.1, -0.05) is 12.1 Å². The zero-order chi connectivity index (χ0) is 15.6. The Morgan fingerprint density at radius 3 is 2.87 bits per heavy atom. The van der Waals surface area contributed by atoms with Gasteiger partial charge in [-0.05, 0) is 29.8 Å². The quantitative estimate of drug-likeness (QED) is 0.695. The number of pyridine rings is 1. The van der Waals surface area contributed by atoms with Gasteiger partial charge in [-0.2, -0.15) is 5.10 Å².